The van der Waals surface area contributed by atoms with E-state index in [1.54, 1.807) is 7.11 Å². The van der Waals surface area contributed by atoms with Gasteiger partial charge in [0.1, 0.15) is 11.4 Å². The minimum Gasteiger partial charge on any atom is -0.496 e. The molecule has 158 valence electrons. The first-order valence-corrected chi connectivity index (χ1v) is 10.8. The van der Waals surface area contributed by atoms with Crippen LogP contribution in [-0.4, -0.2) is 47.7 Å². The van der Waals surface area contributed by atoms with Gasteiger partial charge in [0.2, 0.25) is 0 Å². The van der Waals surface area contributed by atoms with Gasteiger partial charge in [0.15, 0.2) is 0 Å². The molecule has 3 heterocycles. The van der Waals surface area contributed by atoms with Gasteiger partial charge in [-0.1, -0.05) is 41.9 Å². The van der Waals surface area contributed by atoms with Crippen LogP contribution in [0.4, 0.5) is 0 Å². The summed E-state index contributed by atoms with van der Waals surface area (Å²) >= 11 is 6.13. The summed E-state index contributed by atoms with van der Waals surface area (Å²) in [4.78, 5) is 7.40. The molecule has 1 fully saturated rings. The normalized spacial score (nSPS) is 14.8. The third-order valence-corrected chi connectivity index (χ3v) is 5.98. The Morgan fingerprint density at radius 1 is 0.968 bits per heavy atom. The number of halogens is 1. The van der Waals surface area contributed by atoms with Crippen molar-refractivity contribution >= 4 is 17.2 Å². The summed E-state index contributed by atoms with van der Waals surface area (Å²) in [6.45, 7) is 4.16. The number of para-hydroxylation sites is 1. The fraction of sp³-hybridized carbons (Fsp3) is 0.240. The molecule has 1 saturated heterocycles. The van der Waals surface area contributed by atoms with Crippen LogP contribution in [0, 0.1) is 0 Å². The average Bonchev–Trinajstić information content (AvgIpc) is 3.17. The maximum Gasteiger partial charge on any atom is 0.137 e. The Bertz CT molecular complexity index is 1200. The van der Waals surface area contributed by atoms with Crippen molar-refractivity contribution < 1.29 is 9.47 Å². The largest absolute Gasteiger partial charge is 0.496 e. The van der Waals surface area contributed by atoms with Crippen LogP contribution < -0.4 is 4.74 Å². The van der Waals surface area contributed by atoms with Crippen molar-refractivity contribution in [1.82, 2.24) is 14.3 Å². The third kappa shape index (κ3) is 4.04. The number of methoxy groups -OCH3 is 1. The van der Waals surface area contributed by atoms with Crippen molar-refractivity contribution in [2.24, 2.45) is 0 Å². The van der Waals surface area contributed by atoms with Gasteiger partial charge in [-0.3, -0.25) is 4.90 Å². The fourth-order valence-electron chi connectivity index (χ4n) is 4.10. The quantitative estimate of drug-likeness (QED) is 0.435. The molecule has 0 unspecified atom stereocenters. The molecule has 0 radical (unpaired) electrons. The molecule has 0 aliphatic carbocycles. The summed E-state index contributed by atoms with van der Waals surface area (Å²) in [6, 6.07) is 20.2. The molecular formula is C25H24ClN3O2. The van der Waals surface area contributed by atoms with Crippen LogP contribution in [0.25, 0.3) is 28.0 Å². The number of rotatable bonds is 5. The fourth-order valence-corrected chi connectivity index (χ4v) is 4.22. The Morgan fingerprint density at radius 2 is 1.71 bits per heavy atom. The van der Waals surface area contributed by atoms with Gasteiger partial charge in [-0.05, 0) is 30.3 Å². The van der Waals surface area contributed by atoms with Gasteiger partial charge in [-0.2, -0.15) is 0 Å². The molecule has 0 amide bonds. The van der Waals surface area contributed by atoms with E-state index in [4.69, 9.17) is 26.1 Å². The second-order valence-corrected chi connectivity index (χ2v) is 8.09. The molecule has 31 heavy (non-hydrogen) atoms. The first-order chi connectivity index (χ1) is 15.2. The molecule has 5 rings (SSSR count). The number of fused-ring (bicyclic) bond motifs is 1. The van der Waals surface area contributed by atoms with Crippen molar-refractivity contribution in [3.05, 3.63) is 77.6 Å². The third-order valence-electron chi connectivity index (χ3n) is 5.73. The van der Waals surface area contributed by atoms with Crippen molar-refractivity contribution in [3.8, 4) is 28.1 Å². The van der Waals surface area contributed by atoms with E-state index in [0.717, 1.165) is 77.3 Å². The molecule has 0 saturated carbocycles. The zero-order valence-corrected chi connectivity index (χ0v) is 18.2. The highest BCUT2D eigenvalue weighted by atomic mass is 35.5. The summed E-state index contributed by atoms with van der Waals surface area (Å²) in [7, 11) is 1.71. The van der Waals surface area contributed by atoms with E-state index < -0.39 is 0 Å². The minimum absolute atomic E-state index is 0.723. The number of ether oxygens (including phenoxy) is 2. The number of hydrogen-bond acceptors (Lipinski definition) is 4. The molecule has 2 aromatic heterocycles. The monoisotopic (exact) mass is 433 g/mol. The number of aromatic nitrogens is 2. The molecule has 0 bridgehead atoms. The number of morpholine rings is 1. The lowest BCUT2D eigenvalue weighted by Crippen LogP contribution is -2.36. The average molecular weight is 434 g/mol. The molecule has 1 aliphatic rings. The molecular weight excluding hydrogens is 410 g/mol. The summed E-state index contributed by atoms with van der Waals surface area (Å²) in [5.41, 5.74) is 6.29. The predicted molar refractivity (Wildman–Crippen MR) is 124 cm³/mol. The summed E-state index contributed by atoms with van der Waals surface area (Å²) < 4.78 is 13.3. The second kappa shape index (κ2) is 8.71. The minimum atomic E-state index is 0.723. The smallest absolute Gasteiger partial charge is 0.137 e. The molecule has 0 N–H and O–H groups in total. The Balaban J connectivity index is 1.65. The van der Waals surface area contributed by atoms with Gasteiger partial charge < -0.3 is 13.9 Å². The van der Waals surface area contributed by atoms with E-state index in [9.17, 15) is 0 Å². The molecule has 0 atom stereocenters. The van der Waals surface area contributed by atoms with Gasteiger partial charge in [0.05, 0.1) is 31.7 Å². The van der Waals surface area contributed by atoms with Crippen LogP contribution in [0.5, 0.6) is 5.75 Å². The van der Waals surface area contributed by atoms with Gasteiger partial charge in [0, 0.05) is 47.5 Å². The SMILES string of the molecule is COc1ccccc1-c1ccc2nc(-c3ccc(Cl)cc3)c(CN3CCOCC3)n2c1. The van der Waals surface area contributed by atoms with Crippen LogP contribution >= 0.6 is 11.6 Å². The van der Waals surface area contributed by atoms with Crippen molar-refractivity contribution in [2.45, 2.75) is 6.54 Å². The first kappa shape index (κ1) is 20.1. The maximum absolute atomic E-state index is 6.13. The highest BCUT2D eigenvalue weighted by molar-refractivity contribution is 6.30. The van der Waals surface area contributed by atoms with Gasteiger partial charge >= 0.3 is 0 Å². The first-order valence-electron chi connectivity index (χ1n) is 10.4. The molecule has 2 aromatic carbocycles. The number of pyridine rings is 1. The topological polar surface area (TPSA) is 39.0 Å². The number of hydrogen-bond donors (Lipinski definition) is 0. The lowest BCUT2D eigenvalue weighted by molar-refractivity contribution is 0.0336. The number of imidazole rings is 1. The van der Waals surface area contributed by atoms with E-state index in [2.05, 4.69) is 33.7 Å². The van der Waals surface area contributed by atoms with Gasteiger partial charge in [-0.15, -0.1) is 0 Å². The molecule has 4 aromatic rings. The van der Waals surface area contributed by atoms with Crippen LogP contribution in [0.3, 0.4) is 0 Å². The zero-order valence-electron chi connectivity index (χ0n) is 17.4. The summed E-state index contributed by atoms with van der Waals surface area (Å²) in [5.74, 6) is 0.856. The van der Waals surface area contributed by atoms with Crippen molar-refractivity contribution in [1.29, 1.82) is 0 Å². The van der Waals surface area contributed by atoms with Crippen molar-refractivity contribution in [2.75, 3.05) is 33.4 Å². The Kier molecular flexibility index (Phi) is 5.64. The molecule has 6 heteroatoms. The van der Waals surface area contributed by atoms with E-state index in [0.29, 0.717) is 0 Å². The van der Waals surface area contributed by atoms with Gasteiger partial charge in [-0.25, -0.2) is 4.98 Å². The second-order valence-electron chi connectivity index (χ2n) is 7.65. The number of nitrogens with zero attached hydrogens (tertiary/aromatic N) is 3. The predicted octanol–water partition coefficient (Wildman–Crippen LogP) is 5.16. The van der Waals surface area contributed by atoms with Crippen molar-refractivity contribution in [3.63, 3.8) is 0 Å². The Hall–Kier alpha value is -2.86. The summed E-state index contributed by atoms with van der Waals surface area (Å²) in [5, 5.41) is 0.723. The van der Waals surface area contributed by atoms with Crippen LogP contribution in [-0.2, 0) is 11.3 Å². The van der Waals surface area contributed by atoms with E-state index in [1.165, 1.54) is 0 Å². The molecule has 5 nitrogen and oxygen atoms in total. The van der Waals surface area contributed by atoms with E-state index in [-0.39, 0.29) is 0 Å². The van der Waals surface area contributed by atoms with E-state index >= 15 is 0 Å². The zero-order chi connectivity index (χ0) is 21.2. The van der Waals surface area contributed by atoms with Crippen LogP contribution in [0.15, 0.2) is 66.9 Å². The van der Waals surface area contributed by atoms with Gasteiger partial charge in [0.25, 0.3) is 0 Å². The van der Waals surface area contributed by atoms with E-state index in [1.807, 2.05) is 42.5 Å². The number of benzene rings is 2. The lowest BCUT2D eigenvalue weighted by atomic mass is 10.1. The maximum atomic E-state index is 6.13. The Morgan fingerprint density at radius 3 is 2.48 bits per heavy atom. The highest BCUT2D eigenvalue weighted by Crippen LogP contribution is 2.32. The molecule has 0 spiro atoms. The van der Waals surface area contributed by atoms with Crippen LogP contribution in [0.2, 0.25) is 5.02 Å². The Labute approximate surface area is 186 Å². The standard InChI is InChI=1S/C25H24ClN3O2/c1-30-23-5-3-2-4-21(23)19-8-11-24-27-25(18-6-9-20(26)10-7-18)22(29(24)16-19)17-28-12-14-31-15-13-28/h2-11,16H,12-15,17H2,1H3. The van der Waals surface area contributed by atoms with Crippen LogP contribution in [0.1, 0.15) is 5.69 Å². The molecule has 1 aliphatic heterocycles. The highest BCUT2D eigenvalue weighted by Gasteiger charge is 2.19. The lowest BCUT2D eigenvalue weighted by Gasteiger charge is -2.26. The summed E-state index contributed by atoms with van der Waals surface area (Å²) in [6.07, 6.45) is 2.16.